The lowest BCUT2D eigenvalue weighted by atomic mass is 10.2. The first kappa shape index (κ1) is 17.6. The molecule has 1 aromatic carbocycles. The monoisotopic (exact) mass is 328 g/mol. The molecule has 0 saturated carbocycles. The van der Waals surface area contributed by atoms with Gasteiger partial charge in [0, 0.05) is 5.30 Å². The van der Waals surface area contributed by atoms with E-state index in [1.807, 2.05) is 6.07 Å². The number of benzene rings is 1. The summed E-state index contributed by atoms with van der Waals surface area (Å²) in [5.41, 5.74) is -0.357. The quantitative estimate of drug-likeness (QED) is 0.837. The van der Waals surface area contributed by atoms with Crippen molar-refractivity contribution < 1.29 is 14.1 Å². The molecule has 114 valence electrons. The summed E-state index contributed by atoms with van der Waals surface area (Å²) in [5, 5.41) is 12.3. The predicted molar refractivity (Wildman–Crippen MR) is 85.1 cm³/mol. The normalized spacial score (nSPS) is 11.7. The molecule has 0 fully saturated rings. The Morgan fingerprint density at radius 2 is 1.95 bits per heavy atom. The van der Waals surface area contributed by atoms with Gasteiger partial charge in [-0.05, 0) is 46.2 Å². The van der Waals surface area contributed by atoms with Crippen molar-refractivity contribution in [2.75, 3.05) is 18.6 Å². The Morgan fingerprint density at radius 3 is 2.38 bits per heavy atom. The topological polar surface area (TPSA) is 79.2 Å². The fourth-order valence-electron chi connectivity index (χ4n) is 1.52. The molecule has 21 heavy (non-hydrogen) atoms. The maximum Gasteiger partial charge on any atom is 0.412 e. The predicted octanol–water partition coefficient (Wildman–Crippen LogP) is 3.81. The van der Waals surface area contributed by atoms with Gasteiger partial charge in [0.15, 0.2) is 0 Å². The van der Waals surface area contributed by atoms with Gasteiger partial charge in [-0.25, -0.2) is 4.79 Å². The Labute approximate surface area is 129 Å². The van der Waals surface area contributed by atoms with Crippen LogP contribution in [0.4, 0.5) is 10.5 Å². The van der Waals surface area contributed by atoms with Crippen LogP contribution < -0.4 is 10.6 Å². The molecule has 0 saturated heterocycles. The van der Waals surface area contributed by atoms with Crippen molar-refractivity contribution in [2.24, 2.45) is 0 Å². The Kier molecular flexibility index (Phi) is 5.09. The molecule has 0 aliphatic rings. The van der Waals surface area contributed by atoms with Gasteiger partial charge in [-0.3, -0.25) is 5.32 Å². The smallest absolute Gasteiger partial charge is 0.412 e. The van der Waals surface area contributed by atoms with Gasteiger partial charge in [-0.1, -0.05) is 11.6 Å². The number of carbonyl (C=O) groups excluding carboxylic acids is 1. The van der Waals surface area contributed by atoms with Crippen LogP contribution in [0.2, 0.25) is 5.02 Å². The Hall–Kier alpha value is -1.50. The van der Waals surface area contributed by atoms with Gasteiger partial charge in [0.05, 0.1) is 16.3 Å². The van der Waals surface area contributed by atoms with Crippen LogP contribution in [0.5, 0.6) is 0 Å². The number of anilines is 1. The number of carbonyl (C=O) groups is 1. The van der Waals surface area contributed by atoms with Gasteiger partial charge in [0.1, 0.15) is 18.8 Å². The lowest BCUT2D eigenvalue weighted by Gasteiger charge is -2.20. The first-order valence-corrected chi connectivity index (χ1v) is 9.21. The van der Waals surface area contributed by atoms with Gasteiger partial charge >= 0.3 is 6.09 Å². The van der Waals surface area contributed by atoms with E-state index in [0.717, 1.165) is 0 Å². The second-order valence-corrected chi connectivity index (χ2v) is 9.57. The van der Waals surface area contributed by atoms with Crippen LogP contribution in [0.3, 0.4) is 0 Å². The first-order chi connectivity index (χ1) is 9.44. The molecule has 0 bridgehead atoms. The highest BCUT2D eigenvalue weighted by Crippen LogP contribution is 2.38. The molecule has 5 nitrogen and oxygen atoms in total. The molecule has 0 aliphatic carbocycles. The number of nitriles is 1. The second-order valence-electron chi connectivity index (χ2n) is 5.94. The molecule has 1 aromatic rings. The minimum atomic E-state index is -2.55. The fraction of sp³-hybridized carbons (Fsp3) is 0.429. The molecule has 0 atom stereocenters. The van der Waals surface area contributed by atoms with E-state index in [4.69, 9.17) is 16.3 Å². The molecule has 0 heterocycles. The number of halogens is 1. The molecular weight excluding hydrogens is 311 g/mol. The van der Waals surface area contributed by atoms with Crippen molar-refractivity contribution in [3.63, 3.8) is 0 Å². The SMILES string of the molecule is CC(C)(C)OC(=O)Nc1c(Cl)cc(P(C)(C)=O)cc1C#N. The van der Waals surface area contributed by atoms with E-state index in [-0.39, 0.29) is 16.3 Å². The third-order valence-corrected chi connectivity index (χ3v) is 4.24. The Balaban J connectivity index is 3.18. The van der Waals surface area contributed by atoms with Crippen LogP contribution in [0.25, 0.3) is 0 Å². The summed E-state index contributed by atoms with van der Waals surface area (Å²) >= 11 is 6.09. The van der Waals surface area contributed by atoms with E-state index in [1.54, 1.807) is 34.1 Å². The number of hydrogen-bond acceptors (Lipinski definition) is 4. The van der Waals surface area contributed by atoms with Crippen LogP contribution in [-0.2, 0) is 9.30 Å². The van der Waals surface area contributed by atoms with Crippen molar-refractivity contribution in [2.45, 2.75) is 26.4 Å². The zero-order valence-electron chi connectivity index (χ0n) is 12.7. The van der Waals surface area contributed by atoms with Gasteiger partial charge in [0.25, 0.3) is 0 Å². The molecule has 1 N–H and O–H groups in total. The van der Waals surface area contributed by atoms with E-state index in [1.165, 1.54) is 12.1 Å². The highest BCUT2D eigenvalue weighted by Gasteiger charge is 2.21. The maximum absolute atomic E-state index is 12.1. The van der Waals surface area contributed by atoms with Crippen molar-refractivity contribution in [1.82, 2.24) is 0 Å². The summed E-state index contributed by atoms with van der Waals surface area (Å²) in [5.74, 6) is 0. The average Bonchev–Trinajstić information content (AvgIpc) is 2.27. The number of nitrogens with zero attached hydrogens (tertiary/aromatic N) is 1. The van der Waals surface area contributed by atoms with Crippen molar-refractivity contribution in [3.8, 4) is 6.07 Å². The van der Waals surface area contributed by atoms with E-state index in [0.29, 0.717) is 5.30 Å². The first-order valence-electron chi connectivity index (χ1n) is 6.23. The number of nitrogens with one attached hydrogen (secondary N) is 1. The largest absolute Gasteiger partial charge is 0.444 e. The van der Waals surface area contributed by atoms with Crippen LogP contribution in [0, 0.1) is 11.3 Å². The summed E-state index contributed by atoms with van der Waals surface area (Å²) in [7, 11) is -2.55. The van der Waals surface area contributed by atoms with Crippen LogP contribution >= 0.6 is 18.7 Å². The van der Waals surface area contributed by atoms with Gasteiger partial charge in [-0.2, -0.15) is 5.26 Å². The van der Waals surface area contributed by atoms with Crippen LogP contribution in [-0.4, -0.2) is 25.0 Å². The molecule has 0 aliphatic heterocycles. The lowest BCUT2D eigenvalue weighted by molar-refractivity contribution is 0.0636. The zero-order chi connectivity index (χ0) is 16.4. The van der Waals surface area contributed by atoms with E-state index < -0.39 is 18.8 Å². The molecule has 7 heteroatoms. The maximum atomic E-state index is 12.1. The van der Waals surface area contributed by atoms with Gasteiger partial charge in [-0.15, -0.1) is 0 Å². The highest BCUT2D eigenvalue weighted by atomic mass is 35.5. The minimum Gasteiger partial charge on any atom is -0.444 e. The molecular formula is C14H18ClN2O3P. The molecule has 0 aromatic heterocycles. The van der Waals surface area contributed by atoms with E-state index >= 15 is 0 Å². The van der Waals surface area contributed by atoms with E-state index in [9.17, 15) is 14.6 Å². The minimum absolute atomic E-state index is 0.146. The standard InChI is InChI=1S/C14H18ClN2O3P/c1-14(2,3)20-13(18)17-12-9(8-16)6-10(7-11(12)15)21(4,5)19/h6-7H,1-5H3,(H,17,18). The fourth-order valence-corrected chi connectivity index (χ4v) is 2.75. The Bertz CT molecular complexity index is 653. The number of hydrogen-bond donors (Lipinski definition) is 1. The molecule has 0 unspecified atom stereocenters. The van der Waals surface area contributed by atoms with E-state index in [2.05, 4.69) is 5.32 Å². The number of ether oxygens (including phenoxy) is 1. The molecule has 1 rings (SSSR count). The van der Waals surface area contributed by atoms with Gasteiger partial charge in [0.2, 0.25) is 0 Å². The summed E-state index contributed by atoms with van der Waals surface area (Å²) < 4.78 is 17.2. The Morgan fingerprint density at radius 1 is 1.38 bits per heavy atom. The average molecular weight is 329 g/mol. The van der Waals surface area contributed by atoms with Crippen molar-refractivity contribution in [3.05, 3.63) is 22.7 Å². The number of amides is 1. The molecule has 0 spiro atoms. The number of rotatable bonds is 2. The van der Waals surface area contributed by atoms with Crippen LogP contribution in [0.1, 0.15) is 26.3 Å². The second kappa shape index (κ2) is 6.09. The summed E-state index contributed by atoms with van der Waals surface area (Å²) in [6, 6.07) is 4.91. The third kappa shape index (κ3) is 5.08. The van der Waals surface area contributed by atoms with Gasteiger partial charge < -0.3 is 9.30 Å². The summed E-state index contributed by atoms with van der Waals surface area (Å²) in [6.45, 7) is 8.36. The third-order valence-electron chi connectivity index (χ3n) is 2.44. The molecule has 1 amide bonds. The summed E-state index contributed by atoms with van der Waals surface area (Å²) in [4.78, 5) is 11.8. The molecule has 0 radical (unpaired) electrons. The summed E-state index contributed by atoms with van der Waals surface area (Å²) in [6.07, 6.45) is -0.704. The highest BCUT2D eigenvalue weighted by molar-refractivity contribution is 7.70. The van der Waals surface area contributed by atoms with Crippen molar-refractivity contribution in [1.29, 1.82) is 5.26 Å². The zero-order valence-corrected chi connectivity index (χ0v) is 14.3. The van der Waals surface area contributed by atoms with Crippen LogP contribution in [0.15, 0.2) is 12.1 Å². The van der Waals surface area contributed by atoms with Crippen molar-refractivity contribution >= 4 is 35.8 Å². The lowest BCUT2D eigenvalue weighted by Crippen LogP contribution is -2.27.